The maximum absolute atomic E-state index is 13.7. The zero-order valence-corrected chi connectivity index (χ0v) is 18.6. The van der Waals surface area contributed by atoms with Crippen molar-refractivity contribution < 1.29 is 18.7 Å². The molecule has 10 heteroatoms. The van der Waals surface area contributed by atoms with Gasteiger partial charge in [-0.2, -0.15) is 0 Å². The second-order valence-electron chi connectivity index (χ2n) is 6.74. The number of hydrogen-bond donors (Lipinski definition) is 2. The first-order valence-electron chi connectivity index (χ1n) is 10.0. The summed E-state index contributed by atoms with van der Waals surface area (Å²) < 4.78 is 20.8. The molecule has 2 N–H and O–H groups in total. The summed E-state index contributed by atoms with van der Waals surface area (Å²) in [6.45, 7) is 2.77. The average Bonchev–Trinajstić information content (AvgIpc) is 3.13. The monoisotopic (exact) mass is 457 g/mol. The molecule has 32 heavy (non-hydrogen) atoms. The lowest BCUT2D eigenvalue weighted by molar-refractivity contribution is -0.113. The van der Waals surface area contributed by atoms with E-state index >= 15 is 0 Å². The molecule has 0 aliphatic rings. The number of benzene rings is 2. The number of nitrogens with one attached hydrogen (secondary N) is 2. The standard InChI is InChI=1S/C22H24FN5O3S/c1-3-31-16-10-8-15(9-11-16)25-20(29)14-32-22-27-26-19(28(22)2)12-13-24-21(30)17-6-4-5-7-18(17)23/h4-11H,3,12-14H2,1-2H3,(H,24,30)(H,25,29). The highest BCUT2D eigenvalue weighted by atomic mass is 32.2. The van der Waals surface area contributed by atoms with Crippen LogP contribution in [0.1, 0.15) is 23.1 Å². The average molecular weight is 458 g/mol. The Labute approximate surface area is 189 Å². The van der Waals surface area contributed by atoms with E-state index in [0.29, 0.717) is 29.7 Å². The molecule has 0 unspecified atom stereocenters. The summed E-state index contributed by atoms with van der Waals surface area (Å²) >= 11 is 1.26. The summed E-state index contributed by atoms with van der Waals surface area (Å²) in [5.74, 6) is 0.353. The van der Waals surface area contributed by atoms with Gasteiger partial charge in [0.1, 0.15) is 17.4 Å². The van der Waals surface area contributed by atoms with Crippen LogP contribution >= 0.6 is 11.8 Å². The van der Waals surface area contributed by atoms with Gasteiger partial charge in [0, 0.05) is 25.7 Å². The highest BCUT2D eigenvalue weighted by Gasteiger charge is 2.14. The SMILES string of the molecule is CCOc1ccc(NC(=O)CSc2nnc(CCNC(=O)c3ccccc3F)n2C)cc1. The third kappa shape index (κ3) is 6.30. The zero-order valence-electron chi connectivity index (χ0n) is 17.8. The van der Waals surface area contributed by atoms with E-state index in [9.17, 15) is 14.0 Å². The number of ether oxygens (including phenoxy) is 1. The lowest BCUT2D eigenvalue weighted by Gasteiger charge is -2.08. The topological polar surface area (TPSA) is 98.1 Å². The number of rotatable bonds is 10. The molecule has 3 rings (SSSR count). The van der Waals surface area contributed by atoms with Gasteiger partial charge in [-0.1, -0.05) is 23.9 Å². The molecular weight excluding hydrogens is 433 g/mol. The molecule has 0 aliphatic carbocycles. The molecule has 0 atom stereocenters. The minimum absolute atomic E-state index is 0.000233. The van der Waals surface area contributed by atoms with Gasteiger partial charge in [0.15, 0.2) is 5.16 Å². The number of halogens is 1. The molecule has 0 bridgehead atoms. The molecule has 0 radical (unpaired) electrons. The quantitative estimate of drug-likeness (QED) is 0.454. The van der Waals surface area contributed by atoms with Crippen LogP contribution in [0.15, 0.2) is 53.7 Å². The maximum Gasteiger partial charge on any atom is 0.254 e. The molecule has 2 aromatic carbocycles. The van der Waals surface area contributed by atoms with Crippen LogP contribution in [-0.2, 0) is 18.3 Å². The van der Waals surface area contributed by atoms with Crippen LogP contribution < -0.4 is 15.4 Å². The molecule has 3 aromatic rings. The van der Waals surface area contributed by atoms with Crippen molar-refractivity contribution in [1.82, 2.24) is 20.1 Å². The predicted molar refractivity (Wildman–Crippen MR) is 120 cm³/mol. The smallest absolute Gasteiger partial charge is 0.254 e. The van der Waals surface area contributed by atoms with Gasteiger partial charge >= 0.3 is 0 Å². The van der Waals surface area contributed by atoms with Crippen molar-refractivity contribution in [2.24, 2.45) is 7.05 Å². The summed E-state index contributed by atoms with van der Waals surface area (Å²) in [5, 5.41) is 14.3. The van der Waals surface area contributed by atoms with Crippen molar-refractivity contribution in [2.45, 2.75) is 18.5 Å². The largest absolute Gasteiger partial charge is 0.494 e. The fourth-order valence-electron chi connectivity index (χ4n) is 2.85. The number of carbonyl (C=O) groups excluding carboxylic acids is 2. The van der Waals surface area contributed by atoms with Crippen LogP contribution in [0.4, 0.5) is 10.1 Å². The van der Waals surface area contributed by atoms with E-state index in [1.807, 2.05) is 6.92 Å². The van der Waals surface area contributed by atoms with Crippen molar-refractivity contribution in [1.29, 1.82) is 0 Å². The van der Waals surface area contributed by atoms with Gasteiger partial charge in [-0.15, -0.1) is 10.2 Å². The van der Waals surface area contributed by atoms with Crippen LogP contribution in [0, 0.1) is 5.82 Å². The molecule has 8 nitrogen and oxygen atoms in total. The molecule has 0 saturated heterocycles. The fraction of sp³-hybridized carbons (Fsp3) is 0.273. The Morgan fingerprint density at radius 1 is 1.12 bits per heavy atom. The molecule has 2 amide bonds. The van der Waals surface area contributed by atoms with E-state index in [-0.39, 0.29) is 23.8 Å². The number of amides is 2. The third-order valence-electron chi connectivity index (χ3n) is 4.46. The van der Waals surface area contributed by atoms with Gasteiger partial charge in [0.25, 0.3) is 5.91 Å². The second kappa shape index (κ2) is 11.3. The number of anilines is 1. The summed E-state index contributed by atoms with van der Waals surface area (Å²) in [6, 6.07) is 13.0. The zero-order chi connectivity index (χ0) is 22.9. The van der Waals surface area contributed by atoms with Crippen LogP contribution in [-0.4, -0.2) is 45.5 Å². The Morgan fingerprint density at radius 3 is 2.59 bits per heavy atom. The van der Waals surface area contributed by atoms with E-state index in [1.165, 1.54) is 30.0 Å². The minimum Gasteiger partial charge on any atom is -0.494 e. The highest BCUT2D eigenvalue weighted by Crippen LogP contribution is 2.18. The molecule has 1 aromatic heterocycles. The first-order chi connectivity index (χ1) is 15.5. The van der Waals surface area contributed by atoms with E-state index in [0.717, 1.165) is 5.75 Å². The number of carbonyl (C=O) groups is 2. The van der Waals surface area contributed by atoms with Gasteiger partial charge in [0.05, 0.1) is 17.9 Å². The normalized spacial score (nSPS) is 10.6. The number of nitrogens with zero attached hydrogens (tertiary/aromatic N) is 3. The van der Waals surface area contributed by atoms with E-state index in [4.69, 9.17) is 4.74 Å². The van der Waals surface area contributed by atoms with Crippen molar-refractivity contribution in [2.75, 3.05) is 24.2 Å². The van der Waals surface area contributed by atoms with Crippen molar-refractivity contribution >= 4 is 29.3 Å². The molecule has 1 heterocycles. The van der Waals surface area contributed by atoms with Crippen molar-refractivity contribution in [3.05, 3.63) is 65.7 Å². The lowest BCUT2D eigenvalue weighted by Crippen LogP contribution is -2.27. The van der Waals surface area contributed by atoms with Gasteiger partial charge in [-0.25, -0.2) is 4.39 Å². The predicted octanol–water partition coefficient (Wildman–Crippen LogP) is 3.06. The number of hydrogen-bond acceptors (Lipinski definition) is 6. The first kappa shape index (κ1) is 23.3. The highest BCUT2D eigenvalue weighted by molar-refractivity contribution is 7.99. The van der Waals surface area contributed by atoms with Crippen LogP contribution in [0.5, 0.6) is 5.75 Å². The Morgan fingerprint density at radius 2 is 1.88 bits per heavy atom. The molecular formula is C22H24FN5O3S. The summed E-state index contributed by atoms with van der Waals surface area (Å²) in [4.78, 5) is 24.3. The Bertz CT molecular complexity index is 1070. The van der Waals surface area contributed by atoms with E-state index in [1.54, 1.807) is 41.9 Å². The maximum atomic E-state index is 13.7. The van der Waals surface area contributed by atoms with Crippen molar-refractivity contribution in [3.63, 3.8) is 0 Å². The van der Waals surface area contributed by atoms with Gasteiger partial charge in [0.2, 0.25) is 5.91 Å². The molecule has 0 fully saturated rings. The van der Waals surface area contributed by atoms with Crippen LogP contribution in [0.25, 0.3) is 0 Å². The Kier molecular flexibility index (Phi) is 8.20. The second-order valence-corrected chi connectivity index (χ2v) is 7.68. The molecule has 0 aliphatic heterocycles. The Hall–Kier alpha value is -3.40. The van der Waals surface area contributed by atoms with Crippen LogP contribution in [0.2, 0.25) is 0 Å². The molecule has 168 valence electrons. The summed E-state index contributed by atoms with van der Waals surface area (Å²) in [6.07, 6.45) is 0.419. The number of aromatic nitrogens is 3. The number of thioether (sulfide) groups is 1. The third-order valence-corrected chi connectivity index (χ3v) is 5.48. The molecule has 0 spiro atoms. The minimum atomic E-state index is -0.564. The summed E-state index contributed by atoms with van der Waals surface area (Å²) in [7, 11) is 1.79. The first-order valence-corrected chi connectivity index (χ1v) is 11.0. The van der Waals surface area contributed by atoms with Gasteiger partial charge < -0.3 is 19.9 Å². The summed E-state index contributed by atoms with van der Waals surface area (Å²) in [5.41, 5.74) is 0.684. The molecule has 0 saturated carbocycles. The van der Waals surface area contributed by atoms with Crippen molar-refractivity contribution in [3.8, 4) is 5.75 Å². The van der Waals surface area contributed by atoms with Crippen LogP contribution in [0.3, 0.4) is 0 Å². The van der Waals surface area contributed by atoms with E-state index < -0.39 is 11.7 Å². The Balaban J connectivity index is 1.45. The lowest BCUT2D eigenvalue weighted by atomic mass is 10.2. The van der Waals surface area contributed by atoms with Gasteiger partial charge in [-0.05, 0) is 43.3 Å². The fourth-order valence-corrected chi connectivity index (χ4v) is 3.58. The van der Waals surface area contributed by atoms with Gasteiger partial charge in [-0.3, -0.25) is 9.59 Å². The van der Waals surface area contributed by atoms with E-state index in [2.05, 4.69) is 20.8 Å².